The van der Waals surface area contributed by atoms with Crippen LogP contribution < -0.4 is 11.3 Å². The normalized spacial score (nSPS) is 12.8. The van der Waals surface area contributed by atoms with Crippen molar-refractivity contribution in [2.24, 2.45) is 5.84 Å². The summed E-state index contributed by atoms with van der Waals surface area (Å²) in [6, 6.07) is 1.71. The Bertz CT molecular complexity index is 534. The molecule has 0 aliphatic heterocycles. The van der Waals surface area contributed by atoms with Crippen molar-refractivity contribution in [3.05, 3.63) is 40.6 Å². The second-order valence-electron chi connectivity index (χ2n) is 4.35. The summed E-state index contributed by atoms with van der Waals surface area (Å²) in [5, 5.41) is 4.91. The lowest BCUT2D eigenvalue weighted by Gasteiger charge is -2.18. The Hall–Kier alpha value is -1.30. The Kier molecular flexibility index (Phi) is 4.63. The fourth-order valence-electron chi connectivity index (χ4n) is 2.26. The summed E-state index contributed by atoms with van der Waals surface area (Å²) in [7, 11) is 0. The van der Waals surface area contributed by atoms with E-state index in [9.17, 15) is 0 Å². The molecule has 0 aromatic carbocycles. The van der Waals surface area contributed by atoms with Crippen molar-refractivity contribution in [1.82, 2.24) is 15.2 Å². The highest BCUT2D eigenvalue weighted by Gasteiger charge is 2.24. The van der Waals surface area contributed by atoms with Crippen LogP contribution in [0.1, 0.15) is 43.3 Å². The predicted molar refractivity (Wildman–Crippen MR) is 74.8 cm³/mol. The standard InChI is InChI=1S/C13H19ClN4O/c1-3-6-18-13(10(14)8-16-18)12(17-15)9-5-7-19-11(9)4-2/h5,7-8,12,17H,3-4,6,15H2,1-2H3. The van der Waals surface area contributed by atoms with Gasteiger partial charge in [0.25, 0.3) is 0 Å². The summed E-state index contributed by atoms with van der Waals surface area (Å²) >= 11 is 6.26. The number of halogens is 1. The lowest BCUT2D eigenvalue weighted by atomic mass is 10.0. The first-order valence-corrected chi connectivity index (χ1v) is 6.84. The maximum absolute atomic E-state index is 6.26. The summed E-state index contributed by atoms with van der Waals surface area (Å²) in [6.07, 6.45) is 5.11. The van der Waals surface area contributed by atoms with Gasteiger partial charge in [-0.3, -0.25) is 10.5 Å². The van der Waals surface area contributed by atoms with Gasteiger partial charge in [-0.2, -0.15) is 5.10 Å². The van der Waals surface area contributed by atoms with Gasteiger partial charge in [0.15, 0.2) is 0 Å². The van der Waals surface area contributed by atoms with Crippen molar-refractivity contribution in [3.8, 4) is 0 Å². The zero-order chi connectivity index (χ0) is 13.8. The molecule has 0 fully saturated rings. The molecule has 2 aromatic heterocycles. The Labute approximate surface area is 117 Å². The molecule has 0 amide bonds. The van der Waals surface area contributed by atoms with Crippen molar-refractivity contribution in [3.63, 3.8) is 0 Å². The van der Waals surface area contributed by atoms with E-state index in [4.69, 9.17) is 21.9 Å². The van der Waals surface area contributed by atoms with Gasteiger partial charge in [0, 0.05) is 18.5 Å². The fraction of sp³-hybridized carbons (Fsp3) is 0.462. The van der Waals surface area contributed by atoms with Crippen LogP contribution in [0.4, 0.5) is 0 Å². The van der Waals surface area contributed by atoms with Crippen LogP contribution in [0.15, 0.2) is 22.9 Å². The van der Waals surface area contributed by atoms with Crippen molar-refractivity contribution in [2.45, 2.75) is 39.3 Å². The second kappa shape index (κ2) is 6.23. The first-order valence-electron chi connectivity index (χ1n) is 6.46. The van der Waals surface area contributed by atoms with Gasteiger partial charge in [-0.25, -0.2) is 5.43 Å². The summed E-state index contributed by atoms with van der Waals surface area (Å²) in [5.41, 5.74) is 4.70. The molecule has 6 heteroatoms. The third kappa shape index (κ3) is 2.68. The first kappa shape index (κ1) is 14.1. The Balaban J connectivity index is 2.45. The monoisotopic (exact) mass is 282 g/mol. The van der Waals surface area contributed by atoms with E-state index in [0.717, 1.165) is 36.4 Å². The molecule has 0 radical (unpaired) electrons. The highest BCUT2D eigenvalue weighted by Crippen LogP contribution is 2.30. The largest absolute Gasteiger partial charge is 0.469 e. The topological polar surface area (TPSA) is 69.0 Å². The molecule has 2 heterocycles. The first-order chi connectivity index (χ1) is 9.22. The highest BCUT2D eigenvalue weighted by atomic mass is 35.5. The van der Waals surface area contributed by atoms with Crippen LogP contribution >= 0.6 is 11.6 Å². The van der Waals surface area contributed by atoms with Crippen LogP contribution in [0.3, 0.4) is 0 Å². The van der Waals surface area contributed by atoms with Crippen molar-refractivity contribution in [2.75, 3.05) is 0 Å². The molecule has 3 N–H and O–H groups in total. The summed E-state index contributed by atoms with van der Waals surface area (Å²) in [4.78, 5) is 0. The third-order valence-electron chi connectivity index (χ3n) is 3.12. The van der Waals surface area contributed by atoms with E-state index in [1.54, 1.807) is 12.5 Å². The van der Waals surface area contributed by atoms with Gasteiger partial charge < -0.3 is 4.42 Å². The average molecular weight is 283 g/mol. The van der Waals surface area contributed by atoms with Crippen molar-refractivity contribution >= 4 is 11.6 Å². The van der Waals surface area contributed by atoms with Gasteiger partial charge in [-0.1, -0.05) is 25.4 Å². The van der Waals surface area contributed by atoms with Crippen LogP contribution in [0.2, 0.25) is 5.02 Å². The number of nitrogens with one attached hydrogen (secondary N) is 1. The SMILES string of the molecule is CCCn1ncc(Cl)c1C(NN)c1ccoc1CC. The number of hydrazine groups is 1. The van der Waals surface area contributed by atoms with Crippen LogP contribution in [-0.2, 0) is 13.0 Å². The summed E-state index contributed by atoms with van der Waals surface area (Å²) in [6.45, 7) is 4.94. The van der Waals surface area contributed by atoms with E-state index in [-0.39, 0.29) is 6.04 Å². The highest BCUT2D eigenvalue weighted by molar-refractivity contribution is 6.31. The van der Waals surface area contributed by atoms with E-state index < -0.39 is 0 Å². The number of nitrogens with two attached hydrogens (primary N) is 1. The minimum atomic E-state index is -0.213. The van der Waals surface area contributed by atoms with Crippen molar-refractivity contribution in [1.29, 1.82) is 0 Å². The predicted octanol–water partition coefficient (Wildman–Crippen LogP) is 2.65. The van der Waals surface area contributed by atoms with Crippen LogP contribution in [0.25, 0.3) is 0 Å². The Morgan fingerprint density at radius 2 is 2.32 bits per heavy atom. The lowest BCUT2D eigenvalue weighted by Crippen LogP contribution is -2.31. The average Bonchev–Trinajstić information content (AvgIpc) is 3.01. The van der Waals surface area contributed by atoms with E-state index in [1.807, 2.05) is 17.7 Å². The maximum atomic E-state index is 6.26. The minimum absolute atomic E-state index is 0.213. The molecule has 5 nitrogen and oxygen atoms in total. The molecule has 104 valence electrons. The number of rotatable bonds is 6. The van der Waals surface area contributed by atoms with Crippen LogP contribution in [0.5, 0.6) is 0 Å². The Morgan fingerprint density at radius 3 is 2.95 bits per heavy atom. The molecule has 0 saturated heterocycles. The van der Waals surface area contributed by atoms with Crippen molar-refractivity contribution < 1.29 is 4.42 Å². The number of aryl methyl sites for hydroxylation is 2. The smallest absolute Gasteiger partial charge is 0.108 e. The third-order valence-corrected chi connectivity index (χ3v) is 3.41. The molecular weight excluding hydrogens is 264 g/mol. The van der Waals surface area contributed by atoms with Gasteiger partial charge in [0.05, 0.1) is 29.2 Å². The van der Waals surface area contributed by atoms with Gasteiger partial charge in [0.1, 0.15) is 5.76 Å². The number of hydrogen-bond donors (Lipinski definition) is 2. The number of aromatic nitrogens is 2. The fourth-order valence-corrected chi connectivity index (χ4v) is 2.51. The maximum Gasteiger partial charge on any atom is 0.108 e. The second-order valence-corrected chi connectivity index (χ2v) is 4.76. The number of nitrogens with zero attached hydrogens (tertiary/aromatic N) is 2. The van der Waals surface area contributed by atoms with E-state index in [1.165, 1.54) is 0 Å². The molecule has 19 heavy (non-hydrogen) atoms. The zero-order valence-corrected chi connectivity index (χ0v) is 11.9. The molecule has 1 unspecified atom stereocenters. The zero-order valence-electron chi connectivity index (χ0n) is 11.2. The molecule has 0 aliphatic rings. The number of hydrogen-bond acceptors (Lipinski definition) is 4. The van der Waals surface area contributed by atoms with Crippen LogP contribution in [-0.4, -0.2) is 9.78 Å². The quantitative estimate of drug-likeness (QED) is 0.631. The van der Waals surface area contributed by atoms with Gasteiger partial charge in [-0.15, -0.1) is 0 Å². The minimum Gasteiger partial charge on any atom is -0.469 e. The lowest BCUT2D eigenvalue weighted by molar-refractivity contribution is 0.487. The molecule has 0 spiro atoms. The molecule has 0 aliphatic carbocycles. The van der Waals surface area contributed by atoms with E-state index in [0.29, 0.717) is 5.02 Å². The molecular formula is C13H19ClN4O. The van der Waals surface area contributed by atoms with E-state index >= 15 is 0 Å². The number of furan rings is 1. The van der Waals surface area contributed by atoms with Gasteiger partial charge in [-0.05, 0) is 12.5 Å². The summed E-state index contributed by atoms with van der Waals surface area (Å²) < 4.78 is 7.35. The summed E-state index contributed by atoms with van der Waals surface area (Å²) in [5.74, 6) is 6.63. The molecule has 0 saturated carbocycles. The van der Waals surface area contributed by atoms with E-state index in [2.05, 4.69) is 17.4 Å². The molecule has 2 rings (SSSR count). The van der Waals surface area contributed by atoms with Gasteiger partial charge in [0.2, 0.25) is 0 Å². The molecule has 0 bridgehead atoms. The molecule has 1 atom stereocenters. The Morgan fingerprint density at radius 1 is 1.53 bits per heavy atom. The molecule has 2 aromatic rings. The van der Waals surface area contributed by atoms with Crippen LogP contribution in [0, 0.1) is 0 Å². The van der Waals surface area contributed by atoms with Gasteiger partial charge >= 0.3 is 0 Å².